The number of nitrogens with one attached hydrogen (secondary N) is 3. The molecule has 5 heterocycles. The van der Waals surface area contributed by atoms with Crippen LogP contribution in [0.1, 0.15) is 37.1 Å². The van der Waals surface area contributed by atoms with Crippen LogP contribution in [0.25, 0.3) is 21.6 Å². The van der Waals surface area contributed by atoms with Crippen LogP contribution in [0.15, 0.2) is 42.6 Å². The van der Waals surface area contributed by atoms with Crippen LogP contribution in [-0.2, 0) is 13.0 Å². The average Bonchev–Trinajstić information content (AvgIpc) is 3.69. The molecule has 0 bridgehead atoms. The van der Waals surface area contributed by atoms with Crippen LogP contribution in [0.4, 0.5) is 16.4 Å². The number of thiophene rings is 1. The first-order valence-corrected chi connectivity index (χ1v) is 14.6. The van der Waals surface area contributed by atoms with Crippen LogP contribution in [-0.4, -0.2) is 69.6 Å². The number of benzene rings is 1. The topological polar surface area (TPSA) is 98.4 Å². The minimum Gasteiger partial charge on any atom is -0.492 e. The Labute approximate surface area is 232 Å². The number of hydrogen-bond acceptors (Lipinski definition) is 7. The van der Waals surface area contributed by atoms with Gasteiger partial charge in [0, 0.05) is 47.8 Å². The van der Waals surface area contributed by atoms with Gasteiger partial charge in [-0.3, -0.25) is 4.90 Å². The van der Waals surface area contributed by atoms with E-state index in [0.29, 0.717) is 19.1 Å². The molecular formula is C29H35N7O2S. The molecule has 0 spiro atoms. The van der Waals surface area contributed by atoms with Gasteiger partial charge in [-0.1, -0.05) is 0 Å². The van der Waals surface area contributed by atoms with E-state index in [1.54, 1.807) is 11.3 Å². The van der Waals surface area contributed by atoms with E-state index >= 15 is 0 Å². The lowest BCUT2D eigenvalue weighted by molar-refractivity contribution is 0.190. The fourth-order valence-electron chi connectivity index (χ4n) is 5.21. The number of carbonyl (C=O) groups excluding carboxylic acids is 1. The highest BCUT2D eigenvalue weighted by Gasteiger charge is 2.24. The van der Waals surface area contributed by atoms with E-state index in [9.17, 15) is 4.79 Å². The van der Waals surface area contributed by atoms with Crippen molar-refractivity contribution in [1.82, 2.24) is 30.1 Å². The third-order valence-electron chi connectivity index (χ3n) is 7.20. The molecule has 6 rings (SSSR count). The number of carbonyl (C=O) groups is 1. The van der Waals surface area contributed by atoms with Crippen LogP contribution >= 0.6 is 11.3 Å². The number of anilines is 2. The number of H-pyrrole nitrogens is 1. The molecule has 0 unspecified atom stereocenters. The number of likely N-dealkylation sites (tertiary alicyclic amines) is 1. The van der Waals surface area contributed by atoms with E-state index in [1.807, 2.05) is 55.3 Å². The number of nitrogens with zero attached hydrogens (tertiary/aromatic N) is 4. The van der Waals surface area contributed by atoms with Crippen molar-refractivity contribution in [3.8, 4) is 16.3 Å². The Kier molecular flexibility index (Phi) is 7.38. The lowest BCUT2D eigenvalue weighted by Gasteiger charge is -2.27. The third kappa shape index (κ3) is 5.86. The average molecular weight is 546 g/mol. The summed E-state index contributed by atoms with van der Waals surface area (Å²) >= 11 is 1.76. The van der Waals surface area contributed by atoms with Gasteiger partial charge in [0.2, 0.25) is 5.95 Å². The summed E-state index contributed by atoms with van der Waals surface area (Å²) in [5, 5.41) is 7.35. The highest BCUT2D eigenvalue weighted by atomic mass is 32.1. The van der Waals surface area contributed by atoms with Gasteiger partial charge >= 0.3 is 6.03 Å². The first-order valence-electron chi connectivity index (χ1n) is 13.8. The lowest BCUT2D eigenvalue weighted by Crippen LogP contribution is -2.44. The largest absolute Gasteiger partial charge is 0.492 e. The van der Waals surface area contributed by atoms with Gasteiger partial charge in [-0.05, 0) is 88.2 Å². The van der Waals surface area contributed by atoms with E-state index in [-0.39, 0.29) is 12.1 Å². The summed E-state index contributed by atoms with van der Waals surface area (Å²) in [5.41, 5.74) is 3.77. The molecule has 9 nitrogen and oxygen atoms in total. The Morgan fingerprint density at radius 3 is 2.74 bits per heavy atom. The molecule has 2 aliphatic rings. The van der Waals surface area contributed by atoms with Gasteiger partial charge in [-0.25, -0.2) is 9.78 Å². The zero-order valence-corrected chi connectivity index (χ0v) is 23.3. The number of rotatable bonds is 8. The molecule has 0 saturated carbocycles. The van der Waals surface area contributed by atoms with Crippen molar-refractivity contribution in [2.24, 2.45) is 0 Å². The smallest absolute Gasteiger partial charge is 0.317 e. The fourth-order valence-corrected chi connectivity index (χ4v) is 6.38. The minimum absolute atomic E-state index is 0.00652. The second-order valence-corrected chi connectivity index (χ2v) is 11.7. The molecule has 1 saturated heterocycles. The number of hydrogen-bond donors (Lipinski definition) is 3. The number of aromatic nitrogens is 3. The van der Waals surface area contributed by atoms with Crippen LogP contribution in [0, 0.1) is 0 Å². The summed E-state index contributed by atoms with van der Waals surface area (Å²) in [4.78, 5) is 32.2. The molecule has 4 aromatic rings. The van der Waals surface area contributed by atoms with Gasteiger partial charge in [0.1, 0.15) is 18.0 Å². The predicted octanol–water partition coefficient (Wildman–Crippen LogP) is 5.38. The highest BCUT2D eigenvalue weighted by molar-refractivity contribution is 7.15. The maximum Gasteiger partial charge on any atom is 0.317 e. The molecular weight excluding hydrogens is 510 g/mol. The molecule has 2 amide bonds. The highest BCUT2D eigenvalue weighted by Crippen LogP contribution is 2.37. The van der Waals surface area contributed by atoms with Gasteiger partial charge in [0.15, 0.2) is 0 Å². The molecule has 39 heavy (non-hydrogen) atoms. The summed E-state index contributed by atoms with van der Waals surface area (Å²) in [6.45, 7) is 9.34. The summed E-state index contributed by atoms with van der Waals surface area (Å²) in [5.74, 6) is 1.40. The lowest BCUT2D eigenvalue weighted by atomic mass is 10.1. The third-order valence-corrected chi connectivity index (χ3v) is 8.44. The second kappa shape index (κ2) is 11.2. The van der Waals surface area contributed by atoms with Gasteiger partial charge < -0.3 is 25.3 Å². The van der Waals surface area contributed by atoms with E-state index < -0.39 is 0 Å². The SMILES string of the molecule is CC(C)NC(=O)N1CCc2sc(-c3nc(Nc4ccc(OCCN5CCCC5)cc4)nc4[nH]ccc34)cc2C1. The quantitative estimate of drug-likeness (QED) is 0.275. The standard InChI is InChI=1S/C29H35N7O2S/c1-19(2)31-29(37)36-14-10-24-20(18-36)17-25(39-24)26-23-9-11-30-27(23)34-28(33-26)32-21-5-7-22(8-6-21)38-16-15-35-12-3-4-13-35/h5-9,11,17,19H,3-4,10,12-16,18H2,1-2H3,(H,31,37)(H2,30,32,33,34). The van der Waals surface area contributed by atoms with Crippen molar-refractivity contribution in [3.05, 3.63) is 53.0 Å². The number of fused-ring (bicyclic) bond motifs is 2. The molecule has 3 N–H and O–H groups in total. The molecule has 0 radical (unpaired) electrons. The Hall–Kier alpha value is -3.63. The van der Waals surface area contributed by atoms with Gasteiger partial charge in [0.05, 0.1) is 10.6 Å². The van der Waals surface area contributed by atoms with E-state index in [2.05, 4.69) is 26.6 Å². The zero-order valence-electron chi connectivity index (χ0n) is 22.5. The molecule has 2 aliphatic heterocycles. The van der Waals surface area contributed by atoms with Crippen molar-refractivity contribution in [2.45, 2.75) is 45.7 Å². The molecule has 10 heteroatoms. The number of amides is 2. The number of aromatic amines is 1. The van der Waals surface area contributed by atoms with E-state index in [4.69, 9.17) is 14.7 Å². The fraction of sp³-hybridized carbons (Fsp3) is 0.414. The maximum absolute atomic E-state index is 12.6. The maximum atomic E-state index is 12.6. The number of ether oxygens (including phenoxy) is 1. The van der Waals surface area contributed by atoms with Gasteiger partial charge in [-0.15, -0.1) is 11.3 Å². The van der Waals surface area contributed by atoms with Gasteiger partial charge in [-0.2, -0.15) is 4.98 Å². The molecule has 0 aliphatic carbocycles. The zero-order chi connectivity index (χ0) is 26.8. The number of urea groups is 1. The minimum atomic E-state index is -0.00652. The summed E-state index contributed by atoms with van der Waals surface area (Å²) in [6, 6.07) is 12.3. The Balaban J connectivity index is 1.17. The first-order chi connectivity index (χ1) is 19.0. The molecule has 204 valence electrons. The monoisotopic (exact) mass is 545 g/mol. The normalized spacial score (nSPS) is 15.6. The first kappa shape index (κ1) is 25.6. The van der Waals surface area contributed by atoms with Crippen molar-refractivity contribution in [1.29, 1.82) is 0 Å². The predicted molar refractivity (Wildman–Crippen MR) is 156 cm³/mol. The van der Waals surface area contributed by atoms with Crippen LogP contribution in [0.3, 0.4) is 0 Å². The summed E-state index contributed by atoms with van der Waals surface area (Å²) < 4.78 is 5.95. The Morgan fingerprint density at radius 2 is 1.95 bits per heavy atom. The van der Waals surface area contributed by atoms with Crippen molar-refractivity contribution in [3.63, 3.8) is 0 Å². The second-order valence-electron chi connectivity index (χ2n) is 10.5. The molecule has 3 aromatic heterocycles. The van der Waals surface area contributed by atoms with Crippen LogP contribution in [0.2, 0.25) is 0 Å². The summed E-state index contributed by atoms with van der Waals surface area (Å²) in [6.07, 6.45) is 5.34. The van der Waals surface area contributed by atoms with E-state index in [1.165, 1.54) is 36.4 Å². The van der Waals surface area contributed by atoms with E-state index in [0.717, 1.165) is 52.6 Å². The molecule has 1 aromatic carbocycles. The van der Waals surface area contributed by atoms with Crippen molar-refractivity contribution in [2.75, 3.05) is 38.1 Å². The Bertz CT molecular complexity index is 1440. The molecule has 0 atom stereocenters. The molecule has 1 fully saturated rings. The van der Waals surface area contributed by atoms with Crippen molar-refractivity contribution < 1.29 is 9.53 Å². The van der Waals surface area contributed by atoms with Crippen molar-refractivity contribution >= 4 is 40.0 Å². The van der Waals surface area contributed by atoms with Crippen LogP contribution in [0.5, 0.6) is 5.75 Å². The summed E-state index contributed by atoms with van der Waals surface area (Å²) in [7, 11) is 0. The van der Waals surface area contributed by atoms with Crippen LogP contribution < -0.4 is 15.4 Å². The van der Waals surface area contributed by atoms with Gasteiger partial charge in [0.25, 0.3) is 0 Å². The Morgan fingerprint density at radius 1 is 1.13 bits per heavy atom.